The minimum atomic E-state index is -0.0931. The molecular weight excluding hydrogens is 577 g/mol. The van der Waals surface area contributed by atoms with Crippen molar-refractivity contribution in [2.45, 2.75) is 38.5 Å². The fourth-order valence-corrected chi connectivity index (χ4v) is 9.28. The highest BCUT2D eigenvalue weighted by Crippen LogP contribution is 2.54. The summed E-state index contributed by atoms with van der Waals surface area (Å²) in [6, 6.07) is 39.4. The van der Waals surface area contributed by atoms with Crippen LogP contribution in [-0.4, -0.2) is 9.97 Å². The zero-order valence-corrected chi connectivity index (χ0v) is 26.6. The standard InChI is InChI=1S/C38H30N4S2/c1-37(2)23-13-5-9-17-29(23)41(30-18-10-6-14-24(30)37)35-39-27-21-34-28(22-33(27)43-35)40-36(44-34)42-31-19-11-7-15-25(31)38(3,4)26-16-8-12-20-32(26)42/h5-22H,1-4H3. The van der Waals surface area contributed by atoms with E-state index in [9.17, 15) is 0 Å². The summed E-state index contributed by atoms with van der Waals surface area (Å²) in [6.45, 7) is 9.27. The molecule has 6 heteroatoms. The van der Waals surface area contributed by atoms with E-state index in [0.717, 1.165) is 30.7 Å². The third-order valence-corrected chi connectivity index (χ3v) is 11.5. The van der Waals surface area contributed by atoms with E-state index in [1.165, 1.54) is 45.0 Å². The zero-order valence-electron chi connectivity index (χ0n) is 25.0. The van der Waals surface area contributed by atoms with Crippen molar-refractivity contribution in [1.82, 2.24) is 9.97 Å². The number of benzene rings is 5. The van der Waals surface area contributed by atoms with Crippen molar-refractivity contribution in [2.24, 2.45) is 0 Å². The second kappa shape index (κ2) is 9.00. The summed E-state index contributed by atoms with van der Waals surface area (Å²) in [5.41, 5.74) is 11.9. The van der Waals surface area contributed by atoms with Gasteiger partial charge in [-0.2, -0.15) is 0 Å². The predicted octanol–water partition coefficient (Wildman–Crippen LogP) is 11.1. The zero-order chi connectivity index (χ0) is 29.8. The first-order valence-electron chi connectivity index (χ1n) is 15.0. The smallest absolute Gasteiger partial charge is 0.195 e. The Balaban J connectivity index is 1.19. The molecule has 4 heterocycles. The molecule has 0 N–H and O–H groups in total. The Kier molecular flexibility index (Phi) is 5.31. The number of thiazole rings is 2. The topological polar surface area (TPSA) is 32.3 Å². The molecule has 0 amide bonds. The van der Waals surface area contributed by atoms with Crippen LogP contribution in [0.1, 0.15) is 49.9 Å². The molecular formula is C38H30N4S2. The van der Waals surface area contributed by atoms with E-state index in [1.54, 1.807) is 22.7 Å². The van der Waals surface area contributed by atoms with E-state index in [-0.39, 0.29) is 10.8 Å². The van der Waals surface area contributed by atoms with Gasteiger partial charge in [-0.25, -0.2) is 9.97 Å². The van der Waals surface area contributed by atoms with Crippen molar-refractivity contribution in [2.75, 3.05) is 9.80 Å². The summed E-state index contributed by atoms with van der Waals surface area (Å²) >= 11 is 3.47. The van der Waals surface area contributed by atoms with Gasteiger partial charge in [0.1, 0.15) is 0 Å². The molecule has 9 rings (SSSR count). The van der Waals surface area contributed by atoms with Crippen LogP contribution in [0.25, 0.3) is 20.4 Å². The quantitative estimate of drug-likeness (QED) is 0.196. The van der Waals surface area contributed by atoms with Gasteiger partial charge < -0.3 is 0 Å². The molecule has 7 aromatic rings. The Morgan fingerprint density at radius 3 is 1.07 bits per heavy atom. The van der Waals surface area contributed by atoms with E-state index in [1.807, 2.05) is 0 Å². The molecule has 0 unspecified atom stereocenters. The molecule has 4 nitrogen and oxygen atoms in total. The Morgan fingerprint density at radius 1 is 0.455 bits per heavy atom. The van der Waals surface area contributed by atoms with Crippen molar-refractivity contribution in [1.29, 1.82) is 0 Å². The third kappa shape index (κ3) is 3.49. The van der Waals surface area contributed by atoms with E-state index in [4.69, 9.17) is 9.97 Å². The van der Waals surface area contributed by atoms with Gasteiger partial charge in [0.05, 0.1) is 43.2 Å². The van der Waals surface area contributed by atoms with Gasteiger partial charge in [-0.05, 0) is 58.7 Å². The molecule has 0 aliphatic carbocycles. The Bertz CT molecular complexity index is 1970. The molecule has 214 valence electrons. The van der Waals surface area contributed by atoms with E-state index >= 15 is 0 Å². The number of aromatic nitrogens is 2. The first-order valence-corrected chi connectivity index (χ1v) is 16.6. The summed E-state index contributed by atoms with van der Waals surface area (Å²) < 4.78 is 2.29. The molecule has 0 spiro atoms. The van der Waals surface area contributed by atoms with E-state index in [2.05, 4.69) is 147 Å². The van der Waals surface area contributed by atoms with Crippen molar-refractivity contribution < 1.29 is 0 Å². The lowest BCUT2D eigenvalue weighted by Crippen LogP contribution is -2.30. The second-order valence-corrected chi connectivity index (χ2v) is 14.8. The largest absolute Gasteiger partial charge is 0.286 e. The highest BCUT2D eigenvalue weighted by molar-refractivity contribution is 7.24. The molecule has 2 aliphatic rings. The molecule has 0 radical (unpaired) electrons. The molecule has 0 fully saturated rings. The summed E-state index contributed by atoms with van der Waals surface area (Å²) in [5.74, 6) is 0. The van der Waals surface area contributed by atoms with Crippen LogP contribution in [-0.2, 0) is 10.8 Å². The third-order valence-electron chi connectivity index (χ3n) is 9.53. The number of nitrogens with zero attached hydrogens (tertiary/aromatic N) is 4. The first-order chi connectivity index (χ1) is 21.3. The lowest BCUT2D eigenvalue weighted by atomic mass is 9.74. The molecule has 5 aromatic carbocycles. The summed E-state index contributed by atoms with van der Waals surface area (Å²) in [5, 5.41) is 1.96. The van der Waals surface area contributed by atoms with Crippen LogP contribution < -0.4 is 9.80 Å². The number of hydrogen-bond acceptors (Lipinski definition) is 6. The van der Waals surface area contributed by atoms with Gasteiger partial charge in [-0.1, -0.05) is 123 Å². The van der Waals surface area contributed by atoms with Crippen LogP contribution in [0.15, 0.2) is 109 Å². The molecule has 0 atom stereocenters. The number of para-hydroxylation sites is 4. The molecule has 2 aromatic heterocycles. The first kappa shape index (κ1) is 25.9. The predicted molar refractivity (Wildman–Crippen MR) is 186 cm³/mol. The normalized spacial score (nSPS) is 16.0. The number of rotatable bonds is 2. The number of anilines is 6. The van der Waals surface area contributed by atoms with Crippen LogP contribution in [0.2, 0.25) is 0 Å². The van der Waals surface area contributed by atoms with Gasteiger partial charge in [0, 0.05) is 10.8 Å². The lowest BCUT2D eigenvalue weighted by Gasteiger charge is -2.40. The van der Waals surface area contributed by atoms with Crippen molar-refractivity contribution in [3.63, 3.8) is 0 Å². The van der Waals surface area contributed by atoms with Crippen molar-refractivity contribution in [3.05, 3.63) is 131 Å². The van der Waals surface area contributed by atoms with Gasteiger partial charge in [-0.3, -0.25) is 9.80 Å². The summed E-state index contributed by atoms with van der Waals surface area (Å²) in [6.07, 6.45) is 0. The van der Waals surface area contributed by atoms with Crippen LogP contribution >= 0.6 is 22.7 Å². The lowest BCUT2D eigenvalue weighted by molar-refractivity contribution is 0.631. The molecule has 0 bridgehead atoms. The van der Waals surface area contributed by atoms with Crippen LogP contribution in [0.5, 0.6) is 0 Å². The van der Waals surface area contributed by atoms with Crippen molar-refractivity contribution >= 4 is 76.1 Å². The summed E-state index contributed by atoms with van der Waals surface area (Å²) in [7, 11) is 0. The highest BCUT2D eigenvalue weighted by Gasteiger charge is 2.39. The molecule has 2 aliphatic heterocycles. The fraction of sp³-hybridized carbons (Fsp3) is 0.158. The monoisotopic (exact) mass is 606 g/mol. The highest BCUT2D eigenvalue weighted by atomic mass is 32.1. The second-order valence-electron chi connectivity index (χ2n) is 12.8. The van der Waals surface area contributed by atoms with Gasteiger partial charge >= 0.3 is 0 Å². The van der Waals surface area contributed by atoms with E-state index in [0.29, 0.717) is 0 Å². The van der Waals surface area contributed by atoms with Crippen LogP contribution in [0.4, 0.5) is 33.0 Å². The number of hydrogen-bond donors (Lipinski definition) is 0. The molecule has 0 saturated heterocycles. The van der Waals surface area contributed by atoms with Crippen molar-refractivity contribution in [3.8, 4) is 0 Å². The minimum absolute atomic E-state index is 0.0931. The maximum absolute atomic E-state index is 5.25. The van der Waals surface area contributed by atoms with Gasteiger partial charge in [-0.15, -0.1) is 0 Å². The fourth-order valence-electron chi connectivity index (χ4n) is 7.27. The number of fused-ring (bicyclic) bond motifs is 6. The van der Waals surface area contributed by atoms with Gasteiger partial charge in [0.15, 0.2) is 10.3 Å². The Hall–Kier alpha value is -4.52. The summed E-state index contributed by atoms with van der Waals surface area (Å²) in [4.78, 5) is 15.2. The van der Waals surface area contributed by atoms with Crippen LogP contribution in [0.3, 0.4) is 0 Å². The maximum atomic E-state index is 5.25. The van der Waals surface area contributed by atoms with Gasteiger partial charge in [0.2, 0.25) is 0 Å². The SMILES string of the molecule is CC1(C)c2ccccc2N(c2nc3cc4sc(N5c6ccccc6C(C)(C)c6ccccc65)nc4cc3s2)c2ccccc21. The van der Waals surface area contributed by atoms with Gasteiger partial charge in [0.25, 0.3) is 0 Å². The Labute approximate surface area is 264 Å². The van der Waals surface area contributed by atoms with Crippen LogP contribution in [0, 0.1) is 0 Å². The maximum Gasteiger partial charge on any atom is 0.195 e. The Morgan fingerprint density at radius 2 is 0.750 bits per heavy atom. The van der Waals surface area contributed by atoms with E-state index < -0.39 is 0 Å². The minimum Gasteiger partial charge on any atom is -0.286 e. The average Bonchev–Trinajstić information content (AvgIpc) is 3.63. The molecule has 44 heavy (non-hydrogen) atoms. The molecule has 0 saturated carbocycles. The average molecular weight is 607 g/mol.